The average Bonchev–Trinajstić information content (AvgIpc) is 2.46. The number of nitrogens with two attached hydrogens (primary N) is 1. The molecule has 0 atom stereocenters. The molecule has 0 aliphatic heterocycles. The van der Waals surface area contributed by atoms with Crippen LogP contribution in [0, 0.1) is 0 Å². The fourth-order valence-electron chi connectivity index (χ4n) is 1.98. The second-order valence-electron chi connectivity index (χ2n) is 4.45. The van der Waals surface area contributed by atoms with Crippen LogP contribution >= 0.6 is 0 Å². The number of nitrogens with zero attached hydrogens (tertiary/aromatic N) is 2. The number of phenolic OH excluding ortho intramolecular Hbond substituents is 1. The Bertz CT molecular complexity index is 797. The number of fused-ring (bicyclic) bond motifs is 1. The van der Waals surface area contributed by atoms with Gasteiger partial charge in [-0.05, 0) is 35.0 Å². The molecule has 0 aliphatic carbocycles. The van der Waals surface area contributed by atoms with E-state index in [4.69, 9.17) is 5.73 Å². The topological polar surface area (TPSA) is 71.0 Å². The number of nitrogen functional groups attached to an aromatic ring is 1. The maximum atomic E-state index is 9.97. The first-order chi connectivity index (χ1) is 9.74. The van der Waals surface area contributed by atoms with Gasteiger partial charge in [0, 0.05) is 0 Å². The van der Waals surface area contributed by atoms with Crippen LogP contribution in [0.25, 0.3) is 10.8 Å². The predicted molar refractivity (Wildman–Crippen MR) is 80.6 cm³/mol. The summed E-state index contributed by atoms with van der Waals surface area (Å²) in [4.78, 5) is 0. The second kappa shape index (κ2) is 5.01. The highest BCUT2D eigenvalue weighted by molar-refractivity contribution is 5.87. The standard InChI is InChI=1S/C16H13N3O/c17-13-7-3-4-8-14(13)18-19-15-9-11-5-1-2-6-12(11)10-16(15)20/h1-10,20H,17H2. The summed E-state index contributed by atoms with van der Waals surface area (Å²) in [7, 11) is 0. The van der Waals surface area contributed by atoms with Crippen molar-refractivity contribution in [3.8, 4) is 5.75 Å². The van der Waals surface area contributed by atoms with Crippen LogP contribution < -0.4 is 5.73 Å². The molecule has 0 amide bonds. The van der Waals surface area contributed by atoms with E-state index in [2.05, 4.69) is 10.2 Å². The van der Waals surface area contributed by atoms with Crippen molar-refractivity contribution < 1.29 is 5.11 Å². The van der Waals surface area contributed by atoms with Gasteiger partial charge in [-0.1, -0.05) is 36.4 Å². The van der Waals surface area contributed by atoms with Crippen LogP contribution in [0.15, 0.2) is 70.9 Å². The highest BCUT2D eigenvalue weighted by atomic mass is 16.3. The van der Waals surface area contributed by atoms with E-state index in [1.165, 1.54) is 0 Å². The molecular weight excluding hydrogens is 250 g/mol. The SMILES string of the molecule is Nc1ccccc1N=Nc1cc2ccccc2cc1O. The maximum Gasteiger partial charge on any atom is 0.143 e. The van der Waals surface area contributed by atoms with Gasteiger partial charge in [-0.15, -0.1) is 10.2 Å². The van der Waals surface area contributed by atoms with Gasteiger partial charge in [-0.25, -0.2) is 0 Å². The minimum Gasteiger partial charge on any atom is -0.506 e. The van der Waals surface area contributed by atoms with Crippen LogP contribution in [0.2, 0.25) is 0 Å². The molecule has 20 heavy (non-hydrogen) atoms. The zero-order chi connectivity index (χ0) is 13.9. The van der Waals surface area contributed by atoms with E-state index in [1.807, 2.05) is 36.4 Å². The summed E-state index contributed by atoms with van der Waals surface area (Å²) < 4.78 is 0. The van der Waals surface area contributed by atoms with Gasteiger partial charge < -0.3 is 10.8 Å². The summed E-state index contributed by atoms with van der Waals surface area (Å²) in [6.45, 7) is 0. The van der Waals surface area contributed by atoms with E-state index in [0.717, 1.165) is 10.8 Å². The molecule has 3 rings (SSSR count). The number of phenols is 1. The maximum absolute atomic E-state index is 9.97. The summed E-state index contributed by atoms with van der Waals surface area (Å²) in [6.07, 6.45) is 0. The number of anilines is 1. The Kier molecular flexibility index (Phi) is 3.05. The average molecular weight is 263 g/mol. The van der Waals surface area contributed by atoms with Crippen molar-refractivity contribution >= 4 is 27.8 Å². The van der Waals surface area contributed by atoms with Crippen molar-refractivity contribution in [2.24, 2.45) is 10.2 Å². The Morgan fingerprint density at radius 2 is 1.35 bits per heavy atom. The number of para-hydroxylation sites is 1. The van der Waals surface area contributed by atoms with Crippen molar-refractivity contribution in [3.05, 3.63) is 60.7 Å². The summed E-state index contributed by atoms with van der Waals surface area (Å²) >= 11 is 0. The van der Waals surface area contributed by atoms with E-state index in [9.17, 15) is 5.11 Å². The summed E-state index contributed by atoms with van der Waals surface area (Å²) in [5, 5.41) is 20.1. The van der Waals surface area contributed by atoms with Crippen LogP contribution in [-0.4, -0.2) is 5.11 Å². The minimum atomic E-state index is 0.0990. The second-order valence-corrected chi connectivity index (χ2v) is 4.45. The molecular formula is C16H13N3O. The molecule has 0 aliphatic rings. The first-order valence-electron chi connectivity index (χ1n) is 6.22. The highest BCUT2D eigenvalue weighted by Crippen LogP contribution is 2.33. The molecule has 0 aromatic heterocycles. The van der Waals surface area contributed by atoms with E-state index in [-0.39, 0.29) is 5.75 Å². The van der Waals surface area contributed by atoms with Gasteiger partial charge in [-0.3, -0.25) is 0 Å². The van der Waals surface area contributed by atoms with Gasteiger partial charge >= 0.3 is 0 Å². The van der Waals surface area contributed by atoms with Crippen molar-refractivity contribution in [1.82, 2.24) is 0 Å². The first kappa shape index (κ1) is 12.2. The normalized spacial score (nSPS) is 11.2. The predicted octanol–water partition coefficient (Wildman–Crippen LogP) is 4.54. The van der Waals surface area contributed by atoms with Crippen molar-refractivity contribution in [2.75, 3.05) is 5.73 Å². The number of azo groups is 1. The lowest BCUT2D eigenvalue weighted by Gasteiger charge is -2.02. The van der Waals surface area contributed by atoms with Gasteiger partial charge in [0.05, 0.1) is 5.69 Å². The third-order valence-corrected chi connectivity index (χ3v) is 3.05. The Morgan fingerprint density at radius 1 is 0.750 bits per heavy atom. The largest absolute Gasteiger partial charge is 0.506 e. The van der Waals surface area contributed by atoms with E-state index >= 15 is 0 Å². The smallest absolute Gasteiger partial charge is 0.143 e. The lowest BCUT2D eigenvalue weighted by molar-refractivity contribution is 0.477. The van der Waals surface area contributed by atoms with Gasteiger partial charge in [-0.2, -0.15) is 0 Å². The number of aromatic hydroxyl groups is 1. The monoisotopic (exact) mass is 263 g/mol. The molecule has 98 valence electrons. The molecule has 0 heterocycles. The van der Waals surface area contributed by atoms with Crippen LogP contribution in [0.5, 0.6) is 5.75 Å². The molecule has 0 radical (unpaired) electrons. The molecule has 0 saturated heterocycles. The molecule has 0 spiro atoms. The number of benzene rings is 3. The summed E-state index contributed by atoms with van der Waals surface area (Å²) in [6, 6.07) is 18.4. The van der Waals surface area contributed by atoms with Gasteiger partial charge in [0.2, 0.25) is 0 Å². The van der Waals surface area contributed by atoms with E-state index in [1.54, 1.807) is 24.3 Å². The van der Waals surface area contributed by atoms with Gasteiger partial charge in [0.25, 0.3) is 0 Å². The molecule has 3 N–H and O–H groups in total. The third kappa shape index (κ3) is 2.31. The fraction of sp³-hybridized carbons (Fsp3) is 0. The molecule has 4 heteroatoms. The molecule has 3 aromatic rings. The first-order valence-corrected chi connectivity index (χ1v) is 6.22. The quantitative estimate of drug-likeness (QED) is 0.526. The molecule has 0 unspecified atom stereocenters. The Balaban J connectivity index is 2.02. The third-order valence-electron chi connectivity index (χ3n) is 3.05. The lowest BCUT2D eigenvalue weighted by Crippen LogP contribution is -1.82. The minimum absolute atomic E-state index is 0.0990. The summed E-state index contributed by atoms with van der Waals surface area (Å²) in [5.41, 5.74) is 7.36. The fourth-order valence-corrected chi connectivity index (χ4v) is 1.98. The van der Waals surface area contributed by atoms with Crippen LogP contribution in [-0.2, 0) is 0 Å². The number of hydrogen-bond acceptors (Lipinski definition) is 4. The zero-order valence-electron chi connectivity index (χ0n) is 10.7. The van der Waals surface area contributed by atoms with Crippen LogP contribution in [0.4, 0.5) is 17.1 Å². The molecule has 0 bridgehead atoms. The molecule has 3 aromatic carbocycles. The van der Waals surface area contributed by atoms with Crippen LogP contribution in [0.3, 0.4) is 0 Å². The Morgan fingerprint density at radius 3 is 2.10 bits per heavy atom. The zero-order valence-corrected chi connectivity index (χ0v) is 10.7. The van der Waals surface area contributed by atoms with Crippen molar-refractivity contribution in [1.29, 1.82) is 0 Å². The van der Waals surface area contributed by atoms with Gasteiger partial charge in [0.1, 0.15) is 17.1 Å². The van der Waals surface area contributed by atoms with Crippen LogP contribution in [0.1, 0.15) is 0 Å². The number of hydrogen-bond donors (Lipinski definition) is 2. The lowest BCUT2D eigenvalue weighted by atomic mass is 10.1. The van der Waals surface area contributed by atoms with Crippen molar-refractivity contribution in [2.45, 2.75) is 0 Å². The Labute approximate surface area is 116 Å². The summed E-state index contributed by atoms with van der Waals surface area (Å²) in [5.74, 6) is 0.0990. The van der Waals surface area contributed by atoms with E-state index < -0.39 is 0 Å². The number of rotatable bonds is 2. The molecule has 0 fully saturated rings. The van der Waals surface area contributed by atoms with E-state index in [0.29, 0.717) is 17.1 Å². The van der Waals surface area contributed by atoms with Gasteiger partial charge in [0.15, 0.2) is 0 Å². The highest BCUT2D eigenvalue weighted by Gasteiger charge is 2.03. The molecule has 0 saturated carbocycles. The molecule has 4 nitrogen and oxygen atoms in total. The Hall–Kier alpha value is -2.88. The van der Waals surface area contributed by atoms with Crippen molar-refractivity contribution in [3.63, 3.8) is 0 Å².